The van der Waals surface area contributed by atoms with Gasteiger partial charge in [-0.25, -0.2) is 0 Å². The lowest BCUT2D eigenvalue weighted by molar-refractivity contribution is -0.870. The Morgan fingerprint density at radius 2 is 0.762 bits per heavy atom. The molecule has 0 heterocycles. The van der Waals surface area contributed by atoms with E-state index in [2.05, 4.69) is 74.7 Å². The molecule has 0 aliphatic heterocycles. The van der Waals surface area contributed by atoms with Crippen molar-refractivity contribution >= 4 is 19.7 Å². The molecule has 0 aromatic heterocycles. The molecule has 0 saturated heterocycles. The summed E-state index contributed by atoms with van der Waals surface area (Å²) in [5, 5.41) is 3.04. The third kappa shape index (κ3) is 60.3. The van der Waals surface area contributed by atoms with Gasteiger partial charge in [-0.15, -0.1) is 0 Å². The topological polar surface area (TPSA) is 114 Å². The van der Waals surface area contributed by atoms with Gasteiger partial charge in [-0.2, -0.15) is 0 Å². The first kappa shape index (κ1) is 77.7. The molecule has 10 heteroatoms. The molecule has 0 saturated carbocycles. The molecule has 468 valence electrons. The summed E-state index contributed by atoms with van der Waals surface area (Å²) in [5.41, 5.74) is 0. The minimum Gasteiger partial charge on any atom is -0.756 e. The van der Waals surface area contributed by atoms with E-state index in [9.17, 15) is 19.0 Å². The summed E-state index contributed by atoms with van der Waals surface area (Å²) in [6, 6.07) is -0.890. The van der Waals surface area contributed by atoms with Crippen molar-refractivity contribution in [1.29, 1.82) is 0 Å². The highest BCUT2D eigenvalue weighted by atomic mass is 31.2. The van der Waals surface area contributed by atoms with Crippen LogP contribution in [0.2, 0.25) is 0 Å². The molecule has 80 heavy (non-hydrogen) atoms. The number of quaternary nitrogens is 1. The molecule has 0 aromatic carbocycles. The molecular weight excluding hydrogens is 1010 g/mol. The molecule has 0 spiro atoms. The first-order chi connectivity index (χ1) is 38.9. The maximum Gasteiger partial charge on any atom is 0.306 e. The van der Waals surface area contributed by atoms with Crippen molar-refractivity contribution in [2.75, 3.05) is 40.9 Å². The molecule has 0 aliphatic rings. The number of nitrogens with zero attached hydrogens (tertiary/aromatic N) is 1. The number of allylic oxidation sites excluding steroid dienone is 9. The minimum absolute atomic E-state index is 0.0227. The van der Waals surface area contributed by atoms with Crippen LogP contribution in [0.1, 0.15) is 323 Å². The van der Waals surface area contributed by atoms with E-state index >= 15 is 0 Å². The van der Waals surface area contributed by atoms with E-state index in [0.717, 1.165) is 89.9 Å². The normalized spacial score (nSPS) is 13.9. The van der Waals surface area contributed by atoms with Crippen LogP contribution in [-0.4, -0.2) is 69.4 Å². The lowest BCUT2D eigenvalue weighted by Gasteiger charge is -2.30. The number of rotatable bonds is 62. The van der Waals surface area contributed by atoms with Gasteiger partial charge in [-0.1, -0.05) is 294 Å². The first-order valence-corrected chi connectivity index (χ1v) is 35.6. The maximum atomic E-state index is 13.6. The van der Waals surface area contributed by atoms with E-state index in [1.807, 2.05) is 33.3 Å². The highest BCUT2D eigenvalue weighted by Crippen LogP contribution is 2.38. The third-order valence-corrected chi connectivity index (χ3v) is 16.2. The van der Waals surface area contributed by atoms with Crippen LogP contribution in [0.15, 0.2) is 60.8 Å². The molecule has 3 atom stereocenters. The predicted molar refractivity (Wildman–Crippen MR) is 344 cm³/mol. The number of carbonyl (C=O) groups excluding carboxylic acids is 2. The Hall–Kier alpha value is -2.29. The van der Waals surface area contributed by atoms with Crippen molar-refractivity contribution in [1.82, 2.24) is 5.32 Å². The highest BCUT2D eigenvalue weighted by molar-refractivity contribution is 7.45. The van der Waals surface area contributed by atoms with Crippen LogP contribution in [0, 0.1) is 0 Å². The second-order valence-corrected chi connectivity index (χ2v) is 25.7. The summed E-state index contributed by atoms with van der Waals surface area (Å²) < 4.78 is 30.4. The SMILES string of the molecule is CCCCC/C=C\C/C=C\C/C=C\C/C=C\CCCCCCCCCCCC(=O)OC(/C=C/CCCCCCCCCCCCC)C(COP(=O)([O-])OCC[N+](C)(C)C)NC(=O)CCCCCCCCCCCCCCCCCC. The summed E-state index contributed by atoms with van der Waals surface area (Å²) in [5.74, 6) is -0.535. The number of amides is 1. The van der Waals surface area contributed by atoms with Gasteiger partial charge in [-0.05, 0) is 76.7 Å². The number of carbonyl (C=O) groups is 2. The molecule has 0 aliphatic carbocycles. The number of hydrogen-bond donors (Lipinski definition) is 1. The Labute approximate surface area is 496 Å². The molecule has 0 aromatic rings. The molecule has 0 fully saturated rings. The number of hydrogen-bond acceptors (Lipinski definition) is 7. The molecule has 1 N–H and O–H groups in total. The highest BCUT2D eigenvalue weighted by Gasteiger charge is 2.27. The summed E-state index contributed by atoms with van der Waals surface area (Å²) in [7, 11) is 1.19. The molecule has 0 rings (SSSR count). The van der Waals surface area contributed by atoms with Gasteiger partial charge in [-0.3, -0.25) is 14.2 Å². The van der Waals surface area contributed by atoms with E-state index < -0.39 is 20.0 Å². The van der Waals surface area contributed by atoms with Crippen LogP contribution in [0.4, 0.5) is 0 Å². The first-order valence-electron chi connectivity index (χ1n) is 34.1. The Morgan fingerprint density at radius 3 is 1.16 bits per heavy atom. The zero-order valence-corrected chi connectivity index (χ0v) is 54.4. The van der Waals surface area contributed by atoms with Crippen molar-refractivity contribution in [2.24, 2.45) is 0 Å². The number of unbranched alkanes of at least 4 members (excludes halogenated alkanes) is 38. The number of likely N-dealkylation sites (N-methyl/N-ethyl adjacent to an activating group) is 1. The van der Waals surface area contributed by atoms with E-state index in [1.165, 1.54) is 199 Å². The lowest BCUT2D eigenvalue weighted by atomic mass is 10.0. The van der Waals surface area contributed by atoms with Gasteiger partial charge in [0.15, 0.2) is 0 Å². The monoisotopic (exact) mass is 1140 g/mol. The fraction of sp³-hybridized carbons (Fsp3) is 0.829. The summed E-state index contributed by atoms with van der Waals surface area (Å²) in [6.45, 7) is 6.85. The number of phosphoric ester groups is 1. The van der Waals surface area contributed by atoms with Crippen molar-refractivity contribution in [3.8, 4) is 0 Å². The predicted octanol–water partition coefficient (Wildman–Crippen LogP) is 20.8. The Balaban J connectivity index is 5.14. The van der Waals surface area contributed by atoms with Crippen LogP contribution >= 0.6 is 7.82 Å². The Morgan fingerprint density at radius 1 is 0.438 bits per heavy atom. The summed E-state index contributed by atoms with van der Waals surface area (Å²) in [4.78, 5) is 40.1. The van der Waals surface area contributed by atoms with Crippen LogP contribution < -0.4 is 10.2 Å². The Kier molecular flexibility index (Phi) is 58.1. The summed E-state index contributed by atoms with van der Waals surface area (Å²) >= 11 is 0. The van der Waals surface area contributed by atoms with Crippen molar-refractivity contribution < 1.29 is 37.3 Å². The maximum absolute atomic E-state index is 13.6. The van der Waals surface area contributed by atoms with E-state index in [4.69, 9.17) is 13.8 Å². The quantitative estimate of drug-likeness (QED) is 0.0212. The van der Waals surface area contributed by atoms with Crippen molar-refractivity contribution in [3.63, 3.8) is 0 Å². The number of ether oxygens (including phenoxy) is 1. The largest absolute Gasteiger partial charge is 0.756 e. The number of nitrogens with one attached hydrogen (secondary N) is 1. The zero-order valence-electron chi connectivity index (χ0n) is 53.5. The Bertz CT molecular complexity index is 1550. The van der Waals surface area contributed by atoms with Gasteiger partial charge >= 0.3 is 5.97 Å². The van der Waals surface area contributed by atoms with Crippen molar-refractivity contribution in [3.05, 3.63) is 60.8 Å². The minimum atomic E-state index is -4.70. The van der Waals surface area contributed by atoms with Crippen LogP contribution in [-0.2, 0) is 27.9 Å². The van der Waals surface area contributed by atoms with E-state index in [-0.39, 0.29) is 31.5 Å². The molecule has 9 nitrogen and oxygen atoms in total. The second kappa shape index (κ2) is 59.9. The standard InChI is InChI=1S/C70H131N2O7P/c1-7-10-13-16-19-22-25-28-30-32-33-34-35-36-37-38-39-40-42-45-48-51-54-57-60-63-70(74)79-68(61-58-55-52-49-46-43-27-24-21-18-15-12-9-3)67(66-78-80(75,76)77-65-64-72(4,5)6)71-69(73)62-59-56-53-50-47-44-41-31-29-26-23-20-17-14-11-8-2/h19,22,28,30,33-34,36-37,58,61,67-68H,7-18,20-21,23-27,29,31-32,35,38-57,59-60,62-66H2,1-6H3,(H-,71,73,75,76)/b22-19-,30-28-,34-33-,37-36-,61-58+. The zero-order chi connectivity index (χ0) is 58.6. The average molecular weight is 1140 g/mol. The van der Waals surface area contributed by atoms with Gasteiger partial charge in [0.2, 0.25) is 5.91 Å². The molecule has 3 unspecified atom stereocenters. The average Bonchev–Trinajstić information content (AvgIpc) is 3.42. The van der Waals surface area contributed by atoms with Gasteiger partial charge in [0.1, 0.15) is 19.3 Å². The van der Waals surface area contributed by atoms with E-state index in [0.29, 0.717) is 17.4 Å². The van der Waals surface area contributed by atoms with Gasteiger partial charge in [0, 0.05) is 12.8 Å². The number of esters is 1. The van der Waals surface area contributed by atoms with Gasteiger partial charge < -0.3 is 28.5 Å². The smallest absolute Gasteiger partial charge is 0.306 e. The molecule has 0 radical (unpaired) electrons. The van der Waals surface area contributed by atoms with Gasteiger partial charge in [0.05, 0.1) is 33.8 Å². The van der Waals surface area contributed by atoms with Gasteiger partial charge in [0.25, 0.3) is 7.82 Å². The third-order valence-electron chi connectivity index (χ3n) is 15.2. The molecular formula is C70H131N2O7P. The van der Waals surface area contributed by atoms with E-state index in [1.54, 1.807) is 0 Å². The summed E-state index contributed by atoms with van der Waals surface area (Å²) in [6.07, 6.45) is 76.1. The molecule has 1 amide bonds. The molecule has 0 bridgehead atoms. The van der Waals surface area contributed by atoms with Crippen molar-refractivity contribution in [2.45, 2.75) is 335 Å². The fourth-order valence-electron chi connectivity index (χ4n) is 9.92. The lowest BCUT2D eigenvalue weighted by Crippen LogP contribution is -2.47. The van der Waals surface area contributed by atoms with Crippen LogP contribution in [0.3, 0.4) is 0 Å². The fourth-order valence-corrected chi connectivity index (χ4v) is 10.6. The van der Waals surface area contributed by atoms with Crippen LogP contribution in [0.25, 0.3) is 0 Å². The van der Waals surface area contributed by atoms with Crippen LogP contribution in [0.5, 0.6) is 0 Å². The second-order valence-electron chi connectivity index (χ2n) is 24.3. The number of phosphoric acid groups is 1.